The zero-order valence-electron chi connectivity index (χ0n) is 19.4. The van der Waals surface area contributed by atoms with Gasteiger partial charge in [-0.05, 0) is 77.8 Å². The van der Waals surface area contributed by atoms with Crippen LogP contribution < -0.4 is 11.1 Å². The van der Waals surface area contributed by atoms with Crippen molar-refractivity contribution in [3.8, 4) is 5.69 Å². The Bertz CT molecular complexity index is 1380. The van der Waals surface area contributed by atoms with Crippen LogP contribution >= 0.6 is 15.9 Å². The van der Waals surface area contributed by atoms with E-state index in [1.54, 1.807) is 13.2 Å². The van der Waals surface area contributed by atoms with Crippen LogP contribution in [0.15, 0.2) is 41.3 Å². The molecule has 0 unspecified atom stereocenters. The van der Waals surface area contributed by atoms with Crippen molar-refractivity contribution < 1.29 is 4.79 Å². The number of amides is 1. The van der Waals surface area contributed by atoms with Gasteiger partial charge in [0.1, 0.15) is 10.4 Å². The predicted molar refractivity (Wildman–Crippen MR) is 136 cm³/mol. The fourth-order valence-corrected chi connectivity index (χ4v) is 5.64. The van der Waals surface area contributed by atoms with Crippen molar-refractivity contribution >= 4 is 43.8 Å². The number of fused-ring (bicyclic) bond motifs is 2. The molecule has 3 heterocycles. The lowest BCUT2D eigenvalue weighted by atomic mass is 9.86. The van der Waals surface area contributed by atoms with Gasteiger partial charge >= 0.3 is 0 Å². The molecule has 1 saturated carbocycles. The minimum atomic E-state index is -0.313. The number of nitrogens with zero attached hydrogens (tertiary/aromatic N) is 5. The predicted octanol–water partition coefficient (Wildman–Crippen LogP) is 3.72. The normalized spacial score (nSPS) is 20.3. The van der Waals surface area contributed by atoms with Gasteiger partial charge in [0.2, 0.25) is 5.91 Å². The third kappa shape index (κ3) is 4.07. The lowest BCUT2D eigenvalue weighted by molar-refractivity contribution is -0.129. The molecular formula is C25H28BrN7O. The molecule has 2 atom stereocenters. The second-order valence-corrected chi connectivity index (χ2v) is 10.1. The van der Waals surface area contributed by atoms with E-state index in [0.29, 0.717) is 17.1 Å². The van der Waals surface area contributed by atoms with Gasteiger partial charge in [0.15, 0.2) is 5.65 Å². The molecule has 0 radical (unpaired) electrons. The van der Waals surface area contributed by atoms with Crippen molar-refractivity contribution in [3.05, 3.63) is 52.7 Å². The van der Waals surface area contributed by atoms with Gasteiger partial charge in [0.25, 0.3) is 0 Å². The highest BCUT2D eigenvalue weighted by atomic mass is 79.9. The average molecular weight is 522 g/mol. The molecule has 1 aliphatic rings. The number of carbonyl (C=O) groups is 1. The Labute approximate surface area is 206 Å². The smallest absolute Gasteiger partial charge is 0.225 e. The Kier molecular flexibility index (Phi) is 6.07. The van der Waals surface area contributed by atoms with E-state index in [0.717, 1.165) is 71.1 Å². The van der Waals surface area contributed by atoms with Gasteiger partial charge in [-0.15, -0.1) is 0 Å². The molecule has 4 aromatic rings. The number of rotatable bonds is 6. The van der Waals surface area contributed by atoms with Crippen molar-refractivity contribution in [2.24, 2.45) is 17.1 Å². The minimum Gasteiger partial charge on any atom is -0.359 e. The van der Waals surface area contributed by atoms with Crippen LogP contribution in [0.3, 0.4) is 0 Å². The van der Waals surface area contributed by atoms with Crippen molar-refractivity contribution in [2.75, 3.05) is 13.6 Å². The maximum absolute atomic E-state index is 12.3. The average Bonchev–Trinajstić information content (AvgIpc) is 3.38. The second kappa shape index (κ2) is 9.03. The summed E-state index contributed by atoms with van der Waals surface area (Å²) in [7, 11) is 1.71. The standard InChI is InChI=1S/C25H28BrN7O/c1-25(24(34)28-2)7-5-15(13-25)10-20-30-14-19-22(26)32-33(23(19)31-20)18-11-16-4-3-9-29-21(16)17(12-18)6-8-27/h3-4,9,11-12,14-15H,5-8,10,13,27H2,1-2H3,(H,28,34)/t15-,25+/m0/s1. The highest BCUT2D eigenvalue weighted by molar-refractivity contribution is 9.10. The molecule has 5 rings (SSSR count). The Morgan fingerprint density at radius 2 is 2.21 bits per heavy atom. The molecule has 0 bridgehead atoms. The number of pyridine rings is 1. The molecule has 1 fully saturated rings. The number of hydrogen-bond acceptors (Lipinski definition) is 6. The lowest BCUT2D eigenvalue weighted by Crippen LogP contribution is -2.35. The van der Waals surface area contributed by atoms with Gasteiger partial charge in [0, 0.05) is 36.7 Å². The third-order valence-electron chi connectivity index (χ3n) is 6.95. The highest BCUT2D eigenvalue weighted by Crippen LogP contribution is 2.42. The minimum absolute atomic E-state index is 0.118. The summed E-state index contributed by atoms with van der Waals surface area (Å²) in [6, 6.07) is 8.16. The van der Waals surface area contributed by atoms with E-state index >= 15 is 0 Å². The van der Waals surface area contributed by atoms with Gasteiger partial charge in [-0.3, -0.25) is 9.78 Å². The lowest BCUT2D eigenvalue weighted by Gasteiger charge is -2.21. The first-order chi connectivity index (χ1) is 16.4. The Hall–Kier alpha value is -2.91. The fourth-order valence-electron chi connectivity index (χ4n) is 5.21. The molecule has 3 aromatic heterocycles. The van der Waals surface area contributed by atoms with Crippen LogP contribution in [0.2, 0.25) is 0 Å². The maximum atomic E-state index is 12.3. The maximum Gasteiger partial charge on any atom is 0.225 e. The molecule has 0 spiro atoms. The quantitative estimate of drug-likeness (QED) is 0.399. The molecule has 1 aromatic carbocycles. The molecule has 1 amide bonds. The fraction of sp³-hybridized carbons (Fsp3) is 0.400. The number of aromatic nitrogens is 5. The van der Waals surface area contributed by atoms with Gasteiger partial charge < -0.3 is 11.1 Å². The Morgan fingerprint density at radius 3 is 3.00 bits per heavy atom. The molecule has 8 nitrogen and oxygen atoms in total. The van der Waals surface area contributed by atoms with Crippen molar-refractivity contribution in [2.45, 2.75) is 39.0 Å². The number of nitrogens with one attached hydrogen (secondary N) is 1. The Morgan fingerprint density at radius 1 is 1.35 bits per heavy atom. The number of halogens is 1. The van der Waals surface area contributed by atoms with E-state index in [1.165, 1.54) is 0 Å². The first-order valence-corrected chi connectivity index (χ1v) is 12.4. The van der Waals surface area contributed by atoms with Crippen LogP contribution in [0.1, 0.15) is 37.6 Å². The molecule has 3 N–H and O–H groups in total. The van der Waals surface area contributed by atoms with E-state index in [1.807, 2.05) is 16.9 Å². The molecule has 1 aliphatic carbocycles. The zero-order chi connectivity index (χ0) is 23.9. The zero-order valence-corrected chi connectivity index (χ0v) is 21.0. The number of carbonyl (C=O) groups excluding carboxylic acids is 1. The van der Waals surface area contributed by atoms with Crippen LogP contribution in [-0.2, 0) is 17.6 Å². The van der Waals surface area contributed by atoms with E-state index in [4.69, 9.17) is 15.8 Å². The summed E-state index contributed by atoms with van der Waals surface area (Å²) in [5.74, 6) is 1.27. The van der Waals surface area contributed by atoms with E-state index < -0.39 is 0 Å². The van der Waals surface area contributed by atoms with Crippen LogP contribution in [0, 0.1) is 11.3 Å². The van der Waals surface area contributed by atoms with Crippen LogP contribution in [0.25, 0.3) is 27.6 Å². The molecule has 0 saturated heterocycles. The van der Waals surface area contributed by atoms with Crippen molar-refractivity contribution in [3.63, 3.8) is 0 Å². The first kappa shape index (κ1) is 22.9. The van der Waals surface area contributed by atoms with Crippen LogP contribution in [0.4, 0.5) is 0 Å². The van der Waals surface area contributed by atoms with E-state index in [9.17, 15) is 4.79 Å². The third-order valence-corrected chi connectivity index (χ3v) is 7.53. The number of benzene rings is 1. The molecule has 0 aliphatic heterocycles. The summed E-state index contributed by atoms with van der Waals surface area (Å²) >= 11 is 3.58. The van der Waals surface area contributed by atoms with Crippen molar-refractivity contribution in [1.29, 1.82) is 0 Å². The van der Waals surface area contributed by atoms with E-state index in [2.05, 4.69) is 56.3 Å². The van der Waals surface area contributed by atoms with Gasteiger partial charge in [0.05, 0.1) is 16.6 Å². The molecule has 176 valence electrons. The summed E-state index contributed by atoms with van der Waals surface area (Å²) in [6.07, 6.45) is 7.84. The van der Waals surface area contributed by atoms with E-state index in [-0.39, 0.29) is 11.3 Å². The summed E-state index contributed by atoms with van der Waals surface area (Å²) in [6.45, 7) is 2.59. The topological polar surface area (TPSA) is 112 Å². The van der Waals surface area contributed by atoms with Crippen LogP contribution in [0.5, 0.6) is 0 Å². The second-order valence-electron chi connectivity index (χ2n) is 9.40. The summed E-state index contributed by atoms with van der Waals surface area (Å²) in [5, 5.41) is 9.43. The van der Waals surface area contributed by atoms with Gasteiger partial charge in [-0.1, -0.05) is 13.0 Å². The first-order valence-electron chi connectivity index (χ1n) is 11.6. The molecular weight excluding hydrogens is 494 g/mol. The summed E-state index contributed by atoms with van der Waals surface area (Å²) in [5.41, 5.74) is 9.28. The highest BCUT2D eigenvalue weighted by Gasteiger charge is 2.40. The Balaban J connectivity index is 1.52. The number of hydrogen-bond donors (Lipinski definition) is 2. The number of nitrogens with two attached hydrogens (primary N) is 1. The largest absolute Gasteiger partial charge is 0.359 e. The monoisotopic (exact) mass is 521 g/mol. The SMILES string of the molecule is CNC(=O)[C@]1(C)CC[C@@H](Cc2ncc3c(Br)nn(-c4cc(CCN)c5ncccc5c4)c3n2)C1. The van der Waals surface area contributed by atoms with Gasteiger partial charge in [-0.2, -0.15) is 5.10 Å². The summed E-state index contributed by atoms with van der Waals surface area (Å²) in [4.78, 5) is 26.4. The van der Waals surface area contributed by atoms with Crippen LogP contribution in [-0.4, -0.2) is 44.2 Å². The van der Waals surface area contributed by atoms with Crippen molar-refractivity contribution in [1.82, 2.24) is 30.0 Å². The molecule has 34 heavy (non-hydrogen) atoms. The molecule has 9 heteroatoms. The summed E-state index contributed by atoms with van der Waals surface area (Å²) < 4.78 is 2.56. The van der Waals surface area contributed by atoms with Gasteiger partial charge in [-0.25, -0.2) is 14.6 Å².